The zero-order valence-corrected chi connectivity index (χ0v) is 21.1. The van der Waals surface area contributed by atoms with Gasteiger partial charge in [-0.2, -0.15) is 0 Å². The van der Waals surface area contributed by atoms with Crippen LogP contribution in [-0.4, -0.2) is 54.8 Å². The number of rotatable bonds is 9. The Hall–Kier alpha value is -3.55. The summed E-state index contributed by atoms with van der Waals surface area (Å²) in [6.45, 7) is 7.61. The number of hydrogen-bond acceptors (Lipinski definition) is 6. The van der Waals surface area contributed by atoms with Crippen molar-refractivity contribution in [3.63, 3.8) is 0 Å². The zero-order valence-electron chi connectivity index (χ0n) is 21.1. The van der Waals surface area contributed by atoms with E-state index in [1.54, 1.807) is 18.2 Å². The molecule has 188 valence electrons. The molecule has 1 fully saturated rings. The molecule has 8 heteroatoms. The van der Waals surface area contributed by atoms with Gasteiger partial charge in [0.05, 0.1) is 5.84 Å². The van der Waals surface area contributed by atoms with Gasteiger partial charge < -0.3 is 25.0 Å². The lowest BCUT2D eigenvalue weighted by Crippen LogP contribution is -2.42. The molecule has 0 unspecified atom stereocenters. The first kappa shape index (κ1) is 26.1. The molecule has 0 aliphatic carbocycles. The lowest BCUT2D eigenvalue weighted by Gasteiger charge is -2.32. The smallest absolute Gasteiger partial charge is 0.334 e. The van der Waals surface area contributed by atoms with Crippen LogP contribution in [-0.2, 0) is 4.79 Å². The summed E-state index contributed by atoms with van der Waals surface area (Å²) < 4.78 is 11.8. The van der Waals surface area contributed by atoms with E-state index in [1.165, 1.54) is 0 Å². The summed E-state index contributed by atoms with van der Waals surface area (Å²) >= 11 is 0. The third-order valence-corrected chi connectivity index (χ3v) is 6.26. The molecule has 1 saturated heterocycles. The normalized spacial score (nSPS) is 14.9. The SMILES string of the molecule is CC(=N)N1CCC(Oc2ccc(OC(=O)[C@@H](CC(C)C)N(C)c3cccc(C(=N)N)c3)cc2)CC1. The molecule has 8 nitrogen and oxygen atoms in total. The number of nitrogens with zero attached hydrogens (tertiary/aromatic N) is 2. The predicted molar refractivity (Wildman–Crippen MR) is 140 cm³/mol. The van der Waals surface area contributed by atoms with Crippen LogP contribution in [0.3, 0.4) is 0 Å². The molecule has 4 N–H and O–H groups in total. The van der Waals surface area contributed by atoms with Crippen LogP contribution >= 0.6 is 0 Å². The van der Waals surface area contributed by atoms with Crippen molar-refractivity contribution in [3.05, 3.63) is 54.1 Å². The van der Waals surface area contributed by atoms with Crippen LogP contribution in [0.2, 0.25) is 0 Å². The molecule has 2 aromatic rings. The maximum absolute atomic E-state index is 13.2. The molecular formula is C27H37N5O3. The number of piperidine rings is 1. The molecule has 3 rings (SSSR count). The summed E-state index contributed by atoms with van der Waals surface area (Å²) in [6.07, 6.45) is 2.49. The first-order chi connectivity index (χ1) is 16.6. The van der Waals surface area contributed by atoms with Crippen LogP contribution in [0.25, 0.3) is 0 Å². The number of likely N-dealkylation sites (tertiary alicyclic amines) is 1. The molecule has 0 aromatic heterocycles. The minimum Gasteiger partial charge on any atom is -0.490 e. The lowest BCUT2D eigenvalue weighted by molar-refractivity contribution is -0.136. The number of likely N-dealkylation sites (N-methyl/N-ethyl adjacent to an activating group) is 1. The lowest BCUT2D eigenvalue weighted by atomic mass is 10.0. The number of esters is 1. The van der Waals surface area contributed by atoms with Gasteiger partial charge >= 0.3 is 5.97 Å². The van der Waals surface area contributed by atoms with Crippen molar-refractivity contribution >= 4 is 23.3 Å². The summed E-state index contributed by atoms with van der Waals surface area (Å²) in [4.78, 5) is 17.1. The Bertz CT molecular complexity index is 1030. The number of nitrogens with two attached hydrogens (primary N) is 1. The number of ether oxygens (including phenoxy) is 2. The Morgan fingerprint density at radius 2 is 1.74 bits per heavy atom. The van der Waals surface area contributed by atoms with Crippen molar-refractivity contribution in [1.82, 2.24) is 4.90 Å². The highest BCUT2D eigenvalue weighted by Crippen LogP contribution is 2.25. The molecule has 1 aliphatic rings. The summed E-state index contributed by atoms with van der Waals surface area (Å²) in [6, 6.07) is 14.0. The van der Waals surface area contributed by atoms with Crippen LogP contribution in [0.1, 0.15) is 45.6 Å². The van der Waals surface area contributed by atoms with Crippen molar-refractivity contribution in [3.8, 4) is 11.5 Å². The van der Waals surface area contributed by atoms with Gasteiger partial charge in [0, 0.05) is 44.2 Å². The highest BCUT2D eigenvalue weighted by atomic mass is 16.5. The molecule has 1 heterocycles. The van der Waals surface area contributed by atoms with E-state index in [2.05, 4.69) is 18.7 Å². The monoisotopic (exact) mass is 479 g/mol. The summed E-state index contributed by atoms with van der Waals surface area (Å²) in [5, 5.41) is 15.4. The standard InChI is InChI=1S/C27H37N5O3/c1-18(2)16-25(31(4)21-7-5-6-20(17-21)26(29)30)27(33)35-23-10-8-22(9-11-23)34-24-12-14-32(15-13-24)19(3)28/h5-11,17-18,24-25,28H,12-16H2,1-4H3,(H3,29,30)/t25-/m1/s1. The molecule has 0 saturated carbocycles. The minimum atomic E-state index is -0.490. The van der Waals surface area contributed by atoms with Gasteiger partial charge in [-0.3, -0.25) is 10.8 Å². The van der Waals surface area contributed by atoms with Gasteiger partial charge in [-0.05, 0) is 55.7 Å². The molecule has 0 bridgehead atoms. The van der Waals surface area contributed by atoms with E-state index in [9.17, 15) is 4.79 Å². The van der Waals surface area contributed by atoms with E-state index in [4.69, 9.17) is 26.0 Å². The van der Waals surface area contributed by atoms with Crippen LogP contribution < -0.4 is 20.1 Å². The Morgan fingerprint density at radius 3 is 2.31 bits per heavy atom. The average molecular weight is 480 g/mol. The third-order valence-electron chi connectivity index (χ3n) is 6.26. The van der Waals surface area contributed by atoms with Crippen molar-refractivity contribution in [1.29, 1.82) is 10.8 Å². The Balaban J connectivity index is 1.64. The first-order valence-electron chi connectivity index (χ1n) is 12.1. The number of hydrogen-bond donors (Lipinski definition) is 3. The second-order valence-corrected chi connectivity index (χ2v) is 9.50. The summed E-state index contributed by atoms with van der Waals surface area (Å²) in [5.41, 5.74) is 7.05. The second-order valence-electron chi connectivity index (χ2n) is 9.50. The minimum absolute atomic E-state index is 0.0130. The number of amidine groups is 2. The maximum atomic E-state index is 13.2. The van der Waals surface area contributed by atoms with E-state index in [-0.39, 0.29) is 23.8 Å². The second kappa shape index (κ2) is 11.7. The Morgan fingerprint density at radius 1 is 1.11 bits per heavy atom. The van der Waals surface area contributed by atoms with Gasteiger partial charge in [-0.15, -0.1) is 0 Å². The quantitative estimate of drug-likeness (QED) is 0.214. The molecule has 1 aliphatic heterocycles. The summed E-state index contributed by atoms with van der Waals surface area (Å²) in [7, 11) is 1.86. The fourth-order valence-corrected chi connectivity index (χ4v) is 4.20. The van der Waals surface area contributed by atoms with Crippen molar-refractivity contribution in [2.75, 3.05) is 25.0 Å². The van der Waals surface area contributed by atoms with Crippen LogP contribution in [0.15, 0.2) is 48.5 Å². The van der Waals surface area contributed by atoms with Gasteiger partial charge in [0.2, 0.25) is 0 Å². The molecule has 0 spiro atoms. The Kier molecular flexibility index (Phi) is 8.73. The molecule has 2 aromatic carbocycles. The van der Waals surface area contributed by atoms with Crippen molar-refractivity contribution in [2.45, 2.75) is 52.2 Å². The van der Waals surface area contributed by atoms with Gasteiger partial charge in [0.15, 0.2) is 0 Å². The molecular weight excluding hydrogens is 442 g/mol. The highest BCUT2D eigenvalue weighted by Gasteiger charge is 2.27. The summed E-state index contributed by atoms with van der Waals surface area (Å²) in [5.74, 6) is 1.74. The third kappa shape index (κ3) is 7.21. The van der Waals surface area contributed by atoms with Crippen LogP contribution in [0, 0.1) is 16.7 Å². The molecule has 0 amide bonds. The molecule has 35 heavy (non-hydrogen) atoms. The number of nitrogens with one attached hydrogen (secondary N) is 2. The van der Waals surface area contributed by atoms with Gasteiger partial charge in [0.25, 0.3) is 0 Å². The van der Waals surface area contributed by atoms with Gasteiger partial charge in [0.1, 0.15) is 29.5 Å². The number of carbonyl (C=O) groups excluding carboxylic acids is 1. The number of nitrogen functional groups attached to an aromatic ring is 1. The van der Waals surface area contributed by atoms with Gasteiger partial charge in [-0.1, -0.05) is 26.0 Å². The Labute approximate surface area is 208 Å². The van der Waals surface area contributed by atoms with Gasteiger partial charge in [-0.25, -0.2) is 4.79 Å². The fourth-order valence-electron chi connectivity index (χ4n) is 4.20. The number of anilines is 1. The topological polar surface area (TPSA) is 116 Å². The van der Waals surface area contributed by atoms with E-state index in [0.29, 0.717) is 23.6 Å². The molecule has 0 radical (unpaired) electrons. The van der Waals surface area contributed by atoms with Crippen LogP contribution in [0.5, 0.6) is 11.5 Å². The van der Waals surface area contributed by atoms with E-state index in [1.807, 2.05) is 49.2 Å². The molecule has 1 atom stereocenters. The highest BCUT2D eigenvalue weighted by molar-refractivity contribution is 5.96. The number of carbonyl (C=O) groups is 1. The van der Waals surface area contributed by atoms with Crippen LogP contribution in [0.4, 0.5) is 5.69 Å². The van der Waals surface area contributed by atoms with E-state index in [0.717, 1.165) is 37.4 Å². The van der Waals surface area contributed by atoms with Crippen molar-refractivity contribution in [2.24, 2.45) is 11.7 Å². The van der Waals surface area contributed by atoms with Crippen molar-refractivity contribution < 1.29 is 14.3 Å². The first-order valence-corrected chi connectivity index (χ1v) is 12.1. The fraction of sp³-hybridized carbons (Fsp3) is 0.444. The average Bonchev–Trinajstić information content (AvgIpc) is 2.83. The number of benzene rings is 2. The maximum Gasteiger partial charge on any atom is 0.334 e. The zero-order chi connectivity index (χ0) is 25.5. The van der Waals surface area contributed by atoms with E-state index >= 15 is 0 Å². The largest absolute Gasteiger partial charge is 0.490 e. The van der Waals surface area contributed by atoms with E-state index < -0.39 is 6.04 Å². The predicted octanol–water partition coefficient (Wildman–Crippen LogP) is 4.27.